The average Bonchev–Trinajstić information content (AvgIpc) is 2.36. The highest BCUT2D eigenvalue weighted by Crippen LogP contribution is 2.14. The number of aliphatic hydroxyl groups excluding tert-OH is 2. The maximum Gasteiger partial charge on any atom is 0.162 e. The molecule has 1 atom stereocenters. The molecule has 0 aliphatic rings. The Morgan fingerprint density at radius 3 is 2.53 bits per heavy atom. The van der Waals surface area contributed by atoms with Crippen LogP contribution in [0, 0.1) is 0 Å². The van der Waals surface area contributed by atoms with Crippen molar-refractivity contribution in [2.75, 3.05) is 13.2 Å². The molecule has 1 aromatic carbocycles. The molecule has 0 spiro atoms. The first-order valence-electron chi connectivity index (χ1n) is 5.72. The van der Waals surface area contributed by atoms with Crippen LogP contribution in [-0.4, -0.2) is 35.3 Å². The third kappa shape index (κ3) is 4.54. The Morgan fingerprint density at radius 2 is 2.00 bits per heavy atom. The van der Waals surface area contributed by atoms with E-state index < -0.39 is 6.10 Å². The summed E-state index contributed by atoms with van der Waals surface area (Å²) >= 11 is 0. The SMILES string of the molecule is CCCC(=O)c1ccc(OCC(O)CO)cc1. The van der Waals surface area contributed by atoms with Crippen molar-refractivity contribution in [3.05, 3.63) is 29.8 Å². The van der Waals surface area contributed by atoms with Gasteiger partial charge in [-0.15, -0.1) is 0 Å². The summed E-state index contributed by atoms with van der Waals surface area (Å²) in [6.45, 7) is 1.68. The van der Waals surface area contributed by atoms with E-state index in [-0.39, 0.29) is 19.0 Å². The van der Waals surface area contributed by atoms with E-state index in [9.17, 15) is 4.79 Å². The van der Waals surface area contributed by atoms with Gasteiger partial charge >= 0.3 is 0 Å². The van der Waals surface area contributed by atoms with Crippen LogP contribution in [0.1, 0.15) is 30.1 Å². The van der Waals surface area contributed by atoms with E-state index in [1.807, 2.05) is 6.92 Å². The third-order valence-corrected chi connectivity index (χ3v) is 2.31. The smallest absolute Gasteiger partial charge is 0.162 e. The topological polar surface area (TPSA) is 66.8 Å². The monoisotopic (exact) mass is 238 g/mol. The lowest BCUT2D eigenvalue weighted by Gasteiger charge is -2.10. The zero-order chi connectivity index (χ0) is 12.7. The van der Waals surface area contributed by atoms with E-state index in [0.717, 1.165) is 6.42 Å². The number of hydrogen-bond donors (Lipinski definition) is 2. The Labute approximate surface area is 101 Å². The van der Waals surface area contributed by atoms with Gasteiger partial charge in [0.15, 0.2) is 5.78 Å². The highest BCUT2D eigenvalue weighted by molar-refractivity contribution is 5.96. The van der Waals surface area contributed by atoms with Gasteiger partial charge in [0.25, 0.3) is 0 Å². The summed E-state index contributed by atoms with van der Waals surface area (Å²) in [6, 6.07) is 6.79. The minimum Gasteiger partial charge on any atom is -0.491 e. The molecule has 0 fully saturated rings. The molecule has 0 aliphatic heterocycles. The second-order valence-corrected chi connectivity index (χ2v) is 3.84. The first-order chi connectivity index (χ1) is 8.17. The lowest BCUT2D eigenvalue weighted by atomic mass is 10.1. The van der Waals surface area contributed by atoms with Crippen molar-refractivity contribution in [2.45, 2.75) is 25.9 Å². The number of carbonyl (C=O) groups is 1. The number of rotatable bonds is 7. The molecule has 0 heterocycles. The minimum absolute atomic E-state index is 0.0404. The number of aliphatic hydroxyl groups is 2. The van der Waals surface area contributed by atoms with Crippen molar-refractivity contribution in [1.29, 1.82) is 0 Å². The molecule has 2 N–H and O–H groups in total. The fourth-order valence-electron chi connectivity index (χ4n) is 1.35. The van der Waals surface area contributed by atoms with Crippen LogP contribution in [0.3, 0.4) is 0 Å². The van der Waals surface area contributed by atoms with E-state index in [1.54, 1.807) is 24.3 Å². The van der Waals surface area contributed by atoms with Gasteiger partial charge in [-0.25, -0.2) is 0 Å². The van der Waals surface area contributed by atoms with Gasteiger partial charge in [-0.2, -0.15) is 0 Å². The first-order valence-corrected chi connectivity index (χ1v) is 5.72. The van der Waals surface area contributed by atoms with Crippen LogP contribution in [0.15, 0.2) is 24.3 Å². The molecule has 0 saturated carbocycles. The van der Waals surface area contributed by atoms with Crippen molar-refractivity contribution in [2.24, 2.45) is 0 Å². The minimum atomic E-state index is -0.878. The molecule has 17 heavy (non-hydrogen) atoms. The largest absolute Gasteiger partial charge is 0.491 e. The van der Waals surface area contributed by atoms with E-state index >= 15 is 0 Å². The molecule has 0 radical (unpaired) electrons. The molecule has 1 unspecified atom stereocenters. The molecular formula is C13H18O4. The van der Waals surface area contributed by atoms with Crippen LogP contribution in [0.5, 0.6) is 5.75 Å². The van der Waals surface area contributed by atoms with Crippen molar-refractivity contribution >= 4 is 5.78 Å². The standard InChI is InChI=1S/C13H18O4/c1-2-3-13(16)10-4-6-12(7-5-10)17-9-11(15)8-14/h4-7,11,14-15H,2-3,8-9H2,1H3. The number of benzene rings is 1. The Hall–Kier alpha value is -1.39. The summed E-state index contributed by atoms with van der Waals surface area (Å²) in [5, 5.41) is 17.7. The summed E-state index contributed by atoms with van der Waals surface area (Å²) in [4.78, 5) is 11.6. The number of ether oxygens (including phenoxy) is 1. The average molecular weight is 238 g/mol. The van der Waals surface area contributed by atoms with E-state index in [0.29, 0.717) is 17.7 Å². The molecule has 0 amide bonds. The summed E-state index contributed by atoms with van der Waals surface area (Å²) in [5.41, 5.74) is 0.668. The molecule has 0 bridgehead atoms. The van der Waals surface area contributed by atoms with Gasteiger partial charge in [0.2, 0.25) is 0 Å². The molecule has 4 heteroatoms. The molecule has 1 aromatic rings. The zero-order valence-electron chi connectivity index (χ0n) is 9.93. The summed E-state index contributed by atoms with van der Waals surface area (Å²) in [5.74, 6) is 0.694. The van der Waals surface area contributed by atoms with Crippen LogP contribution in [-0.2, 0) is 0 Å². The van der Waals surface area contributed by atoms with Crippen molar-refractivity contribution < 1.29 is 19.7 Å². The molecule has 1 rings (SSSR count). The third-order valence-electron chi connectivity index (χ3n) is 2.31. The Kier molecular flexibility index (Phi) is 5.66. The molecule has 0 aromatic heterocycles. The summed E-state index contributed by atoms with van der Waals surface area (Å²) in [6.07, 6.45) is 0.500. The zero-order valence-corrected chi connectivity index (χ0v) is 9.93. The molecule has 0 aliphatic carbocycles. The lowest BCUT2D eigenvalue weighted by molar-refractivity contribution is 0.0536. The molecule has 4 nitrogen and oxygen atoms in total. The maximum atomic E-state index is 11.6. The first kappa shape index (κ1) is 13.7. The second-order valence-electron chi connectivity index (χ2n) is 3.84. The Bertz CT molecular complexity index is 345. The fourth-order valence-corrected chi connectivity index (χ4v) is 1.35. The number of hydrogen-bond acceptors (Lipinski definition) is 4. The van der Waals surface area contributed by atoms with Crippen LogP contribution in [0.4, 0.5) is 0 Å². The van der Waals surface area contributed by atoms with Gasteiger partial charge in [0.05, 0.1) is 6.61 Å². The predicted molar refractivity (Wildman–Crippen MR) is 64.3 cm³/mol. The summed E-state index contributed by atoms with van der Waals surface area (Å²) in [7, 11) is 0. The van der Waals surface area contributed by atoms with E-state index in [4.69, 9.17) is 14.9 Å². The molecular weight excluding hydrogens is 220 g/mol. The van der Waals surface area contributed by atoms with Gasteiger partial charge in [0.1, 0.15) is 18.5 Å². The van der Waals surface area contributed by atoms with Crippen LogP contribution >= 0.6 is 0 Å². The van der Waals surface area contributed by atoms with Gasteiger partial charge in [0, 0.05) is 12.0 Å². The Morgan fingerprint density at radius 1 is 1.35 bits per heavy atom. The highest BCUT2D eigenvalue weighted by atomic mass is 16.5. The lowest BCUT2D eigenvalue weighted by Crippen LogP contribution is -2.21. The molecule has 0 saturated heterocycles. The predicted octanol–water partition coefficient (Wildman–Crippen LogP) is 1.40. The Balaban J connectivity index is 2.53. The van der Waals surface area contributed by atoms with Crippen molar-refractivity contribution in [3.8, 4) is 5.75 Å². The normalized spacial score (nSPS) is 12.2. The summed E-state index contributed by atoms with van der Waals surface area (Å²) < 4.78 is 5.23. The maximum absolute atomic E-state index is 11.6. The van der Waals surface area contributed by atoms with Gasteiger partial charge in [-0.05, 0) is 30.7 Å². The number of ketones is 1. The van der Waals surface area contributed by atoms with E-state index in [1.165, 1.54) is 0 Å². The van der Waals surface area contributed by atoms with Crippen molar-refractivity contribution in [1.82, 2.24) is 0 Å². The quantitative estimate of drug-likeness (QED) is 0.705. The fraction of sp³-hybridized carbons (Fsp3) is 0.462. The number of carbonyl (C=O) groups excluding carboxylic acids is 1. The van der Waals surface area contributed by atoms with Crippen LogP contribution in [0.25, 0.3) is 0 Å². The van der Waals surface area contributed by atoms with Crippen LogP contribution < -0.4 is 4.74 Å². The van der Waals surface area contributed by atoms with Crippen molar-refractivity contribution in [3.63, 3.8) is 0 Å². The van der Waals surface area contributed by atoms with Gasteiger partial charge < -0.3 is 14.9 Å². The van der Waals surface area contributed by atoms with E-state index in [2.05, 4.69) is 0 Å². The number of Topliss-reactive ketones (excluding diaryl/α,β-unsaturated/α-hetero) is 1. The highest BCUT2D eigenvalue weighted by Gasteiger charge is 2.06. The van der Waals surface area contributed by atoms with Gasteiger partial charge in [-0.1, -0.05) is 6.92 Å². The van der Waals surface area contributed by atoms with Gasteiger partial charge in [-0.3, -0.25) is 4.79 Å². The van der Waals surface area contributed by atoms with Crippen LogP contribution in [0.2, 0.25) is 0 Å². The molecule has 94 valence electrons. The second kappa shape index (κ2) is 7.04.